The monoisotopic (exact) mass is 706 g/mol. The minimum atomic E-state index is -1.34. The molecule has 2 aromatic carbocycles. The first-order valence-electron chi connectivity index (χ1n) is 18.1. The number of hydrogen-bond donors (Lipinski definition) is 3. The maximum atomic E-state index is 13.9. The van der Waals surface area contributed by atoms with Crippen molar-refractivity contribution in [2.75, 3.05) is 32.8 Å². The second-order valence-electron chi connectivity index (χ2n) is 13.1. The number of esters is 1. The molecule has 1 aliphatic heterocycles. The first kappa shape index (κ1) is 40.8. The molecule has 1 aliphatic rings. The fourth-order valence-electron chi connectivity index (χ4n) is 5.98. The van der Waals surface area contributed by atoms with Crippen LogP contribution in [0.1, 0.15) is 76.8 Å². The summed E-state index contributed by atoms with van der Waals surface area (Å²) in [6, 6.07) is 15.8. The molecule has 3 rings (SSSR count). The lowest BCUT2D eigenvalue weighted by Gasteiger charge is -2.33. The summed E-state index contributed by atoms with van der Waals surface area (Å²) in [5.41, 5.74) is 1.55. The number of carbonyl (C=O) groups excluding carboxylic acids is 6. The average Bonchev–Trinajstić information content (AvgIpc) is 3.14. The van der Waals surface area contributed by atoms with Gasteiger partial charge in [0.05, 0.1) is 18.9 Å². The zero-order valence-electron chi connectivity index (χ0n) is 30.2. The van der Waals surface area contributed by atoms with Crippen LogP contribution in [-0.4, -0.2) is 85.2 Å². The SMILES string of the molecule is CCC(CC)CCC(=O)N1CCC[C@@H](C(=O)N[C@@H](CC(=O)OCc2ccccc2)C(=O)N[C@@H](Cc2ccccc2)C(=O)NCCOCC(C)=O)C1. The fraction of sp³-hybridized carbons (Fsp3) is 0.538. The number of likely N-dealkylation sites (tertiary alicyclic amines) is 1. The second kappa shape index (κ2) is 22.3. The number of Topliss-reactive ketones (excluding diaryl/α,β-unsaturated/α-hetero) is 1. The van der Waals surface area contributed by atoms with Gasteiger partial charge in [0, 0.05) is 32.5 Å². The second-order valence-corrected chi connectivity index (χ2v) is 13.1. The largest absolute Gasteiger partial charge is 0.461 e. The van der Waals surface area contributed by atoms with Crippen molar-refractivity contribution in [3.63, 3.8) is 0 Å². The Morgan fingerprint density at radius 1 is 0.863 bits per heavy atom. The van der Waals surface area contributed by atoms with Crippen molar-refractivity contribution in [3.05, 3.63) is 71.8 Å². The summed E-state index contributed by atoms with van der Waals surface area (Å²) in [6.07, 6.45) is 4.09. The molecule has 0 radical (unpaired) electrons. The van der Waals surface area contributed by atoms with Gasteiger partial charge < -0.3 is 30.3 Å². The molecule has 2 aromatic rings. The van der Waals surface area contributed by atoms with Gasteiger partial charge in [-0.1, -0.05) is 87.4 Å². The number of hydrogen-bond acceptors (Lipinski definition) is 8. The van der Waals surface area contributed by atoms with Crippen LogP contribution in [-0.2, 0) is 51.3 Å². The minimum absolute atomic E-state index is 0.0106. The smallest absolute Gasteiger partial charge is 0.308 e. The standard InChI is InChI=1S/C39H54N4O8/c1-4-29(5-2)18-19-35(45)43-21-12-17-32(25-43)37(47)41-34(24-36(46)51-27-31-15-10-7-11-16-31)39(49)42-33(23-30-13-8-6-9-14-30)38(48)40-20-22-50-26-28(3)44/h6-11,13-16,29,32-34H,4-5,12,17-27H2,1-3H3,(H,40,48)(H,41,47)(H,42,49)/t32-,33+,34+/m1/s1. The molecule has 0 unspecified atom stereocenters. The average molecular weight is 707 g/mol. The Morgan fingerprint density at radius 3 is 2.18 bits per heavy atom. The van der Waals surface area contributed by atoms with E-state index in [2.05, 4.69) is 29.8 Å². The van der Waals surface area contributed by atoms with Crippen molar-refractivity contribution in [1.82, 2.24) is 20.9 Å². The van der Waals surface area contributed by atoms with Gasteiger partial charge >= 0.3 is 5.97 Å². The molecule has 0 bridgehead atoms. The Balaban J connectivity index is 1.73. The third kappa shape index (κ3) is 15.1. The van der Waals surface area contributed by atoms with Crippen LogP contribution < -0.4 is 16.0 Å². The number of amides is 4. The summed E-state index contributed by atoms with van der Waals surface area (Å²) < 4.78 is 10.7. The number of piperidine rings is 1. The lowest BCUT2D eigenvalue weighted by molar-refractivity contribution is -0.147. The zero-order valence-corrected chi connectivity index (χ0v) is 30.2. The molecule has 0 aliphatic carbocycles. The predicted molar refractivity (Wildman–Crippen MR) is 192 cm³/mol. The van der Waals surface area contributed by atoms with Gasteiger partial charge in [-0.3, -0.25) is 28.8 Å². The van der Waals surface area contributed by atoms with Crippen molar-refractivity contribution in [1.29, 1.82) is 0 Å². The number of nitrogens with zero attached hydrogens (tertiary/aromatic N) is 1. The van der Waals surface area contributed by atoms with Crippen LogP contribution in [0.25, 0.3) is 0 Å². The molecule has 0 aromatic heterocycles. The van der Waals surface area contributed by atoms with Gasteiger partial charge in [0.25, 0.3) is 0 Å². The van der Waals surface area contributed by atoms with Crippen LogP contribution in [0.3, 0.4) is 0 Å². The number of rotatable bonds is 21. The van der Waals surface area contributed by atoms with Crippen LogP contribution in [0.2, 0.25) is 0 Å². The van der Waals surface area contributed by atoms with Gasteiger partial charge in [0.2, 0.25) is 23.6 Å². The van der Waals surface area contributed by atoms with E-state index in [4.69, 9.17) is 9.47 Å². The van der Waals surface area contributed by atoms with Gasteiger partial charge in [-0.05, 0) is 43.2 Å². The summed E-state index contributed by atoms with van der Waals surface area (Å²) in [4.78, 5) is 79.9. The highest BCUT2D eigenvalue weighted by Gasteiger charge is 2.34. The van der Waals surface area contributed by atoms with E-state index in [1.807, 2.05) is 48.5 Å². The van der Waals surface area contributed by atoms with Crippen molar-refractivity contribution in [2.45, 2.75) is 90.8 Å². The van der Waals surface area contributed by atoms with E-state index in [9.17, 15) is 28.8 Å². The Bertz CT molecular complexity index is 1420. The molecule has 12 nitrogen and oxygen atoms in total. The number of nitrogens with one attached hydrogen (secondary N) is 3. The quantitative estimate of drug-likeness (QED) is 0.131. The van der Waals surface area contributed by atoms with E-state index >= 15 is 0 Å². The Labute approximate surface area is 301 Å². The zero-order chi connectivity index (χ0) is 37.0. The Kier molecular flexibility index (Phi) is 17.8. The summed E-state index contributed by atoms with van der Waals surface area (Å²) in [6.45, 7) is 6.55. The molecule has 3 N–H and O–H groups in total. The van der Waals surface area contributed by atoms with Gasteiger partial charge in [-0.15, -0.1) is 0 Å². The number of ether oxygens (including phenoxy) is 2. The highest BCUT2D eigenvalue weighted by atomic mass is 16.5. The molecule has 278 valence electrons. The van der Waals surface area contributed by atoms with Crippen molar-refractivity contribution >= 4 is 35.4 Å². The maximum Gasteiger partial charge on any atom is 0.308 e. The molecule has 12 heteroatoms. The minimum Gasteiger partial charge on any atom is -0.461 e. The predicted octanol–water partition coefficient (Wildman–Crippen LogP) is 3.51. The lowest BCUT2D eigenvalue weighted by atomic mass is 9.94. The van der Waals surface area contributed by atoms with Gasteiger partial charge in [-0.2, -0.15) is 0 Å². The first-order valence-corrected chi connectivity index (χ1v) is 18.1. The summed E-state index contributed by atoms with van der Waals surface area (Å²) in [5.74, 6) is -2.59. The van der Waals surface area contributed by atoms with E-state index < -0.39 is 48.1 Å². The third-order valence-corrected chi connectivity index (χ3v) is 9.08. The van der Waals surface area contributed by atoms with Crippen LogP contribution in [0, 0.1) is 11.8 Å². The van der Waals surface area contributed by atoms with E-state index in [-0.39, 0.29) is 51.0 Å². The van der Waals surface area contributed by atoms with Crippen LogP contribution in [0.5, 0.6) is 0 Å². The summed E-state index contributed by atoms with van der Waals surface area (Å²) >= 11 is 0. The molecule has 3 atom stereocenters. The lowest BCUT2D eigenvalue weighted by Crippen LogP contribution is -2.56. The van der Waals surface area contributed by atoms with Crippen molar-refractivity contribution in [3.8, 4) is 0 Å². The molecule has 0 saturated carbocycles. The molecule has 0 spiro atoms. The van der Waals surface area contributed by atoms with Gasteiger partial charge in [0.1, 0.15) is 25.3 Å². The van der Waals surface area contributed by atoms with Gasteiger partial charge in [0.15, 0.2) is 5.78 Å². The van der Waals surface area contributed by atoms with E-state index in [1.165, 1.54) is 6.92 Å². The Morgan fingerprint density at radius 2 is 1.53 bits per heavy atom. The maximum absolute atomic E-state index is 13.9. The molecular formula is C39H54N4O8. The molecular weight excluding hydrogens is 652 g/mol. The highest BCUT2D eigenvalue weighted by molar-refractivity contribution is 5.95. The van der Waals surface area contributed by atoms with E-state index in [0.29, 0.717) is 31.7 Å². The third-order valence-electron chi connectivity index (χ3n) is 9.08. The van der Waals surface area contributed by atoms with E-state index in [1.54, 1.807) is 17.0 Å². The van der Waals surface area contributed by atoms with Crippen LogP contribution in [0.4, 0.5) is 0 Å². The van der Waals surface area contributed by atoms with Crippen LogP contribution >= 0.6 is 0 Å². The number of benzene rings is 2. The Hall–Kier alpha value is -4.58. The molecule has 1 fully saturated rings. The highest BCUT2D eigenvalue weighted by Crippen LogP contribution is 2.21. The normalized spacial score (nSPS) is 15.4. The fourth-order valence-corrected chi connectivity index (χ4v) is 5.98. The van der Waals surface area contributed by atoms with Crippen LogP contribution in [0.15, 0.2) is 60.7 Å². The number of carbonyl (C=O) groups is 6. The molecule has 51 heavy (non-hydrogen) atoms. The van der Waals surface area contributed by atoms with E-state index in [0.717, 1.165) is 30.4 Å². The summed E-state index contributed by atoms with van der Waals surface area (Å²) in [5, 5.41) is 8.22. The molecule has 4 amide bonds. The first-order chi connectivity index (χ1) is 24.6. The van der Waals surface area contributed by atoms with Gasteiger partial charge in [-0.25, -0.2) is 0 Å². The molecule has 1 heterocycles. The molecule has 1 saturated heterocycles. The van der Waals surface area contributed by atoms with Crippen molar-refractivity contribution in [2.24, 2.45) is 11.8 Å². The van der Waals surface area contributed by atoms with Crippen molar-refractivity contribution < 1.29 is 38.2 Å². The topological polar surface area (TPSA) is 160 Å². The number of ketones is 1. The summed E-state index contributed by atoms with van der Waals surface area (Å²) in [7, 11) is 0.